The molecule has 0 radical (unpaired) electrons. The third kappa shape index (κ3) is 4.65. The Balaban J connectivity index is 2.16. The van der Waals surface area contributed by atoms with Crippen LogP contribution in [0.2, 0.25) is 0 Å². The lowest BCUT2D eigenvalue weighted by atomic mass is 9.92. The summed E-state index contributed by atoms with van der Waals surface area (Å²) in [5.74, 6) is 0.00270. The van der Waals surface area contributed by atoms with Gasteiger partial charge in [-0.15, -0.1) is 0 Å². The summed E-state index contributed by atoms with van der Waals surface area (Å²) in [7, 11) is 1.58. The maximum absolute atomic E-state index is 13.5. The van der Waals surface area contributed by atoms with Crippen molar-refractivity contribution in [3.05, 3.63) is 53.1 Å². The van der Waals surface area contributed by atoms with Gasteiger partial charge in [0.1, 0.15) is 17.7 Å². The van der Waals surface area contributed by atoms with E-state index < -0.39 is 18.2 Å². The number of hydrogen-bond donors (Lipinski definition) is 1. The number of pyridine rings is 1. The Labute approximate surface area is 170 Å². The molecule has 1 N–H and O–H groups in total. The van der Waals surface area contributed by atoms with Gasteiger partial charge in [0, 0.05) is 17.5 Å². The van der Waals surface area contributed by atoms with E-state index in [1.807, 2.05) is 26.8 Å². The van der Waals surface area contributed by atoms with Crippen molar-refractivity contribution in [3.8, 4) is 16.9 Å². The van der Waals surface area contributed by atoms with Gasteiger partial charge in [0.25, 0.3) is 0 Å². The van der Waals surface area contributed by atoms with E-state index in [-0.39, 0.29) is 18.2 Å². The molecule has 3 rings (SSSR count). The first-order valence-corrected chi connectivity index (χ1v) is 9.70. The number of methoxy groups -OCH3 is 1. The highest BCUT2D eigenvalue weighted by Crippen LogP contribution is 2.39. The molecule has 2 aromatic rings. The zero-order chi connectivity index (χ0) is 21.1. The van der Waals surface area contributed by atoms with Crippen LogP contribution in [0, 0.1) is 12.7 Å². The number of hydrogen-bond acceptors (Lipinski definition) is 5. The Morgan fingerprint density at radius 1 is 1.31 bits per heavy atom. The molecular weight excluding hydrogens is 373 g/mol. The van der Waals surface area contributed by atoms with Crippen LogP contribution in [-0.4, -0.2) is 35.4 Å². The highest BCUT2D eigenvalue weighted by atomic mass is 19.1. The van der Waals surface area contributed by atoms with E-state index in [1.54, 1.807) is 25.3 Å². The van der Waals surface area contributed by atoms with Crippen LogP contribution in [0.1, 0.15) is 49.6 Å². The number of carbonyl (C=O) groups is 1. The van der Waals surface area contributed by atoms with Crippen molar-refractivity contribution in [2.75, 3.05) is 7.11 Å². The summed E-state index contributed by atoms with van der Waals surface area (Å²) >= 11 is 0. The number of aliphatic hydroxyl groups excluding tert-OH is 1. The highest BCUT2D eigenvalue weighted by molar-refractivity contribution is 5.82. The van der Waals surface area contributed by atoms with E-state index in [0.717, 1.165) is 28.1 Å². The van der Waals surface area contributed by atoms with E-state index in [9.17, 15) is 14.3 Å². The summed E-state index contributed by atoms with van der Waals surface area (Å²) in [5, 5.41) is 9.86. The van der Waals surface area contributed by atoms with Crippen molar-refractivity contribution in [1.29, 1.82) is 0 Å². The second kappa shape index (κ2) is 8.74. The van der Waals surface area contributed by atoms with Gasteiger partial charge in [0.2, 0.25) is 0 Å². The van der Waals surface area contributed by atoms with Crippen molar-refractivity contribution in [3.63, 3.8) is 0 Å². The van der Waals surface area contributed by atoms with Crippen LogP contribution in [0.3, 0.4) is 0 Å². The summed E-state index contributed by atoms with van der Waals surface area (Å²) in [6.07, 6.45) is 2.77. The number of esters is 1. The van der Waals surface area contributed by atoms with E-state index in [4.69, 9.17) is 14.5 Å². The summed E-state index contributed by atoms with van der Waals surface area (Å²) in [5.41, 5.74) is 4.04. The van der Waals surface area contributed by atoms with Crippen LogP contribution in [0.25, 0.3) is 17.2 Å². The van der Waals surface area contributed by atoms with Crippen molar-refractivity contribution in [2.24, 2.45) is 0 Å². The third-order valence-electron chi connectivity index (χ3n) is 4.94. The second-order valence-electron chi connectivity index (χ2n) is 7.55. The number of cyclic esters (lactones) is 1. The van der Waals surface area contributed by atoms with Crippen molar-refractivity contribution in [1.82, 2.24) is 4.98 Å². The van der Waals surface area contributed by atoms with E-state index >= 15 is 0 Å². The number of aryl methyl sites for hydroxylation is 1. The fraction of sp³-hybridized carbons (Fsp3) is 0.391. The lowest BCUT2D eigenvalue weighted by molar-refractivity contribution is -0.156. The monoisotopic (exact) mass is 399 g/mol. The van der Waals surface area contributed by atoms with Crippen molar-refractivity contribution in [2.45, 2.75) is 51.7 Å². The van der Waals surface area contributed by atoms with Gasteiger partial charge in [-0.3, -0.25) is 9.78 Å². The molecule has 0 unspecified atom stereocenters. The Morgan fingerprint density at radius 3 is 2.59 bits per heavy atom. The number of aromatic nitrogens is 1. The van der Waals surface area contributed by atoms with Gasteiger partial charge >= 0.3 is 5.97 Å². The number of nitrogens with zero attached hydrogens (tertiary/aromatic N) is 1. The summed E-state index contributed by atoms with van der Waals surface area (Å²) in [6, 6.07) is 6.23. The van der Waals surface area contributed by atoms with Crippen LogP contribution in [0.15, 0.2) is 30.3 Å². The molecule has 29 heavy (non-hydrogen) atoms. The van der Waals surface area contributed by atoms with Crippen LogP contribution in [0.5, 0.6) is 5.75 Å². The molecule has 1 saturated heterocycles. The number of carbonyl (C=O) groups excluding carboxylic acids is 1. The molecule has 1 aromatic carbocycles. The molecule has 0 amide bonds. The standard InChI is InChI=1S/C23H26FNO4/c1-13(2)22-19(10-9-18-11-17(26)12-20(27)29-18)21(23(28-4)14(3)25-22)15-5-7-16(24)8-6-15/h5-10,13,17-18,26H,11-12H2,1-4H3/b10-9+/t17-,18-/m1/s1. The molecule has 1 aliphatic rings. The van der Waals surface area contributed by atoms with Crippen molar-refractivity contribution < 1.29 is 23.8 Å². The molecular formula is C23H26FNO4. The average Bonchev–Trinajstić information content (AvgIpc) is 2.66. The normalized spacial score (nSPS) is 19.6. The maximum atomic E-state index is 13.5. The molecule has 154 valence electrons. The average molecular weight is 399 g/mol. The van der Waals surface area contributed by atoms with E-state index in [0.29, 0.717) is 12.2 Å². The molecule has 0 saturated carbocycles. The Morgan fingerprint density at radius 2 is 2.00 bits per heavy atom. The summed E-state index contributed by atoms with van der Waals surface area (Å²) < 4.78 is 24.5. The molecule has 0 bridgehead atoms. The van der Waals surface area contributed by atoms with Gasteiger partial charge in [-0.25, -0.2) is 4.39 Å². The molecule has 6 heteroatoms. The van der Waals surface area contributed by atoms with Crippen LogP contribution < -0.4 is 4.74 Å². The molecule has 2 heterocycles. The molecule has 1 fully saturated rings. The van der Waals surface area contributed by atoms with Crippen LogP contribution in [0.4, 0.5) is 4.39 Å². The third-order valence-corrected chi connectivity index (χ3v) is 4.94. The topological polar surface area (TPSA) is 68.7 Å². The van der Waals surface area contributed by atoms with Gasteiger partial charge in [-0.2, -0.15) is 0 Å². The Kier molecular flexibility index (Phi) is 6.33. The van der Waals surface area contributed by atoms with Crippen LogP contribution in [-0.2, 0) is 9.53 Å². The minimum atomic E-state index is -0.710. The zero-order valence-corrected chi connectivity index (χ0v) is 17.1. The lowest BCUT2D eigenvalue weighted by Gasteiger charge is -2.24. The molecule has 0 spiro atoms. The summed E-state index contributed by atoms with van der Waals surface area (Å²) in [6.45, 7) is 5.97. The van der Waals surface area contributed by atoms with Gasteiger partial charge in [0.05, 0.1) is 31.0 Å². The largest absolute Gasteiger partial charge is 0.494 e. The zero-order valence-electron chi connectivity index (χ0n) is 17.1. The van der Waals surface area contributed by atoms with Gasteiger partial charge in [-0.05, 0) is 36.6 Å². The first kappa shape index (κ1) is 21.0. The Bertz CT molecular complexity index is 921. The minimum absolute atomic E-state index is 0.0162. The maximum Gasteiger partial charge on any atom is 0.309 e. The first-order chi connectivity index (χ1) is 13.8. The Hall–Kier alpha value is -2.73. The lowest BCUT2D eigenvalue weighted by Crippen LogP contribution is -2.31. The smallest absolute Gasteiger partial charge is 0.309 e. The predicted octanol–water partition coefficient (Wildman–Crippen LogP) is 4.41. The number of ether oxygens (including phenoxy) is 2. The molecule has 2 atom stereocenters. The number of aliphatic hydroxyl groups is 1. The predicted molar refractivity (Wildman–Crippen MR) is 109 cm³/mol. The first-order valence-electron chi connectivity index (χ1n) is 9.70. The summed E-state index contributed by atoms with van der Waals surface area (Å²) in [4.78, 5) is 16.4. The fourth-order valence-corrected chi connectivity index (χ4v) is 3.62. The second-order valence-corrected chi connectivity index (χ2v) is 7.55. The highest BCUT2D eigenvalue weighted by Gasteiger charge is 2.26. The van der Waals surface area contributed by atoms with Crippen molar-refractivity contribution >= 4 is 12.0 Å². The fourth-order valence-electron chi connectivity index (χ4n) is 3.62. The molecule has 5 nitrogen and oxygen atoms in total. The van der Waals surface area contributed by atoms with Crippen LogP contribution >= 0.6 is 0 Å². The minimum Gasteiger partial charge on any atom is -0.494 e. The molecule has 1 aliphatic heterocycles. The van der Waals surface area contributed by atoms with E-state index in [1.165, 1.54) is 12.1 Å². The quantitative estimate of drug-likeness (QED) is 0.755. The van der Waals surface area contributed by atoms with Gasteiger partial charge in [-0.1, -0.05) is 32.1 Å². The van der Waals surface area contributed by atoms with Gasteiger partial charge < -0.3 is 14.6 Å². The molecule has 0 aliphatic carbocycles. The van der Waals surface area contributed by atoms with E-state index in [2.05, 4.69) is 0 Å². The van der Waals surface area contributed by atoms with Gasteiger partial charge in [0.15, 0.2) is 0 Å². The molecule has 1 aromatic heterocycles. The number of rotatable bonds is 5. The number of halogens is 1. The number of benzene rings is 1. The SMILES string of the molecule is COc1c(C)nc(C(C)C)c(/C=C/[C@@H]2C[C@@H](O)CC(=O)O2)c1-c1ccc(F)cc1.